The van der Waals surface area contributed by atoms with Gasteiger partial charge in [-0.15, -0.1) is 0 Å². The number of pyridine rings is 1. The molecule has 18 heavy (non-hydrogen) atoms. The fourth-order valence-corrected chi connectivity index (χ4v) is 2.22. The van der Waals surface area contributed by atoms with Crippen LogP contribution >= 0.6 is 11.8 Å². The van der Waals surface area contributed by atoms with Crippen LogP contribution in [-0.2, 0) is 32.7 Å². The van der Waals surface area contributed by atoms with Crippen molar-refractivity contribution in [1.29, 1.82) is 0 Å². The summed E-state index contributed by atoms with van der Waals surface area (Å²) in [5.41, 5.74) is 1.00. The first-order chi connectivity index (χ1) is 8.16. The van der Waals surface area contributed by atoms with Gasteiger partial charge in [0.1, 0.15) is 5.03 Å². The van der Waals surface area contributed by atoms with Gasteiger partial charge in [-0.2, -0.15) is 0 Å². The second-order valence-corrected chi connectivity index (χ2v) is 4.54. The molecule has 0 amide bonds. The Labute approximate surface area is 134 Å². The van der Waals surface area contributed by atoms with Crippen LogP contribution in [0.2, 0.25) is 0 Å². The first kappa shape index (κ1) is 15.3. The van der Waals surface area contributed by atoms with Gasteiger partial charge in [0.25, 0.3) is 5.69 Å². The van der Waals surface area contributed by atoms with Crippen LogP contribution in [0, 0.1) is 17.0 Å². The Morgan fingerprint density at radius 2 is 2.06 bits per heavy atom. The van der Waals surface area contributed by atoms with Crippen LogP contribution in [0.5, 0.6) is 0 Å². The van der Waals surface area contributed by atoms with Crippen molar-refractivity contribution in [3.63, 3.8) is 0 Å². The molecule has 0 aliphatic heterocycles. The van der Waals surface area contributed by atoms with E-state index in [4.69, 9.17) is 0 Å². The maximum Gasteiger partial charge on any atom is 0.269 e. The molecule has 1 aromatic carbocycles. The molecule has 0 N–H and O–H groups in total. The number of aryl methyl sites for hydroxylation is 1. The summed E-state index contributed by atoms with van der Waals surface area (Å²) in [7, 11) is 0. The normalized spacial score (nSPS) is 9.61. The van der Waals surface area contributed by atoms with Crippen LogP contribution in [0.25, 0.3) is 0 Å². The molecule has 0 atom stereocenters. The molecule has 0 fully saturated rings. The predicted octanol–water partition coefficient (Wildman–Crippen LogP) is 3.45. The molecule has 0 spiro atoms. The first-order valence-corrected chi connectivity index (χ1v) is 5.82. The largest absolute Gasteiger partial charge is 0.269 e. The van der Waals surface area contributed by atoms with Gasteiger partial charge in [0.15, 0.2) is 0 Å². The summed E-state index contributed by atoms with van der Waals surface area (Å²) in [6.45, 7) is 1.86. The molecule has 0 unspecified atom stereocenters. The van der Waals surface area contributed by atoms with Crippen LogP contribution in [0.1, 0.15) is 5.56 Å². The molecule has 0 aliphatic rings. The first-order valence-electron chi connectivity index (χ1n) is 5.01. The van der Waals surface area contributed by atoms with Gasteiger partial charge in [0, 0.05) is 55.9 Å². The van der Waals surface area contributed by atoms with Crippen molar-refractivity contribution in [2.75, 3.05) is 0 Å². The molecule has 0 bridgehead atoms. The Bertz CT molecular complexity index is 549. The molecule has 6 heteroatoms. The van der Waals surface area contributed by atoms with E-state index in [2.05, 4.69) is 4.98 Å². The van der Waals surface area contributed by atoms with Crippen molar-refractivity contribution in [3.05, 3.63) is 58.3 Å². The number of hydrogen-bond acceptors (Lipinski definition) is 4. The zero-order valence-corrected chi connectivity index (χ0v) is 13.4. The van der Waals surface area contributed by atoms with E-state index in [0.717, 1.165) is 15.5 Å². The number of nitro benzene ring substituents is 1. The predicted molar refractivity (Wildman–Crippen MR) is 66.2 cm³/mol. The van der Waals surface area contributed by atoms with E-state index in [0.29, 0.717) is 0 Å². The fraction of sp³-hybridized carbons (Fsp3) is 0.0833. The van der Waals surface area contributed by atoms with E-state index in [1.54, 1.807) is 18.3 Å². The molecule has 0 saturated carbocycles. The third-order valence-corrected chi connectivity index (χ3v) is 3.35. The van der Waals surface area contributed by atoms with Crippen molar-refractivity contribution in [2.45, 2.75) is 16.8 Å². The van der Waals surface area contributed by atoms with Crippen molar-refractivity contribution < 1.29 is 37.6 Å². The van der Waals surface area contributed by atoms with Gasteiger partial charge >= 0.3 is 0 Å². The van der Waals surface area contributed by atoms with Crippen molar-refractivity contribution in [2.24, 2.45) is 0 Å². The summed E-state index contributed by atoms with van der Waals surface area (Å²) in [6.07, 6.45) is 1.73. The third-order valence-electron chi connectivity index (χ3n) is 2.22. The monoisotopic (exact) mass is 335 g/mol. The maximum absolute atomic E-state index is 10.6. The molecule has 0 aliphatic carbocycles. The van der Waals surface area contributed by atoms with Gasteiger partial charge in [-0.05, 0) is 30.7 Å². The summed E-state index contributed by atoms with van der Waals surface area (Å²) in [6, 6.07) is 10.5. The van der Waals surface area contributed by atoms with Crippen LogP contribution in [-0.4, -0.2) is 9.91 Å². The van der Waals surface area contributed by atoms with Crippen LogP contribution in [0.3, 0.4) is 0 Å². The Kier molecular flexibility index (Phi) is 5.92. The molecule has 0 saturated heterocycles. The molecule has 1 aromatic heterocycles. The van der Waals surface area contributed by atoms with Crippen molar-refractivity contribution in [3.8, 4) is 0 Å². The van der Waals surface area contributed by atoms with E-state index in [1.807, 2.05) is 25.1 Å². The SMILES string of the molecule is Cc1cc([N+](=O)[O-])ccc1Sc1ccccn1.[Y]. The summed E-state index contributed by atoms with van der Waals surface area (Å²) in [4.78, 5) is 15.4. The minimum absolute atomic E-state index is 0. The fourth-order valence-electron chi connectivity index (χ4n) is 1.38. The Morgan fingerprint density at radius 3 is 2.61 bits per heavy atom. The van der Waals surface area contributed by atoms with Crippen LogP contribution < -0.4 is 0 Å². The Morgan fingerprint density at radius 1 is 1.28 bits per heavy atom. The number of aromatic nitrogens is 1. The zero-order chi connectivity index (χ0) is 12.3. The minimum Gasteiger partial charge on any atom is -0.258 e. The van der Waals surface area contributed by atoms with E-state index in [-0.39, 0.29) is 43.3 Å². The summed E-state index contributed by atoms with van der Waals surface area (Å²) >= 11 is 1.50. The number of nitro groups is 1. The van der Waals surface area contributed by atoms with Crippen LogP contribution in [0.15, 0.2) is 52.5 Å². The van der Waals surface area contributed by atoms with Crippen molar-refractivity contribution >= 4 is 17.4 Å². The Hall–Kier alpha value is -0.776. The average molecular weight is 335 g/mol. The Balaban J connectivity index is 0.00000162. The van der Waals surface area contributed by atoms with Crippen LogP contribution in [0.4, 0.5) is 5.69 Å². The van der Waals surface area contributed by atoms with E-state index in [1.165, 1.54) is 17.8 Å². The molecule has 2 aromatic rings. The molecule has 1 radical (unpaired) electrons. The van der Waals surface area contributed by atoms with E-state index < -0.39 is 0 Å². The van der Waals surface area contributed by atoms with Gasteiger partial charge in [-0.3, -0.25) is 10.1 Å². The standard InChI is InChI=1S/C12H10N2O2S.Y/c1-9-8-10(14(15)16)5-6-11(9)17-12-4-2-3-7-13-12;/h2-8H,1H3;. The smallest absolute Gasteiger partial charge is 0.258 e. The van der Waals surface area contributed by atoms with Gasteiger partial charge in [0.2, 0.25) is 0 Å². The third kappa shape index (κ3) is 3.87. The average Bonchev–Trinajstić information content (AvgIpc) is 2.33. The summed E-state index contributed by atoms with van der Waals surface area (Å²) in [5.74, 6) is 0. The number of benzene rings is 1. The summed E-state index contributed by atoms with van der Waals surface area (Å²) in [5, 5.41) is 11.5. The van der Waals surface area contributed by atoms with Gasteiger partial charge in [0.05, 0.1) is 4.92 Å². The molecule has 4 nitrogen and oxygen atoms in total. The molecule has 1 heterocycles. The number of rotatable bonds is 3. The number of non-ortho nitro benzene ring substituents is 1. The molecular formula is C12H10N2O2SY. The molecule has 2 rings (SSSR count). The van der Waals surface area contributed by atoms with Gasteiger partial charge < -0.3 is 0 Å². The van der Waals surface area contributed by atoms with E-state index in [9.17, 15) is 10.1 Å². The van der Waals surface area contributed by atoms with Crippen molar-refractivity contribution in [1.82, 2.24) is 4.98 Å². The second-order valence-electron chi connectivity index (χ2n) is 3.48. The quantitative estimate of drug-likeness (QED) is 0.637. The summed E-state index contributed by atoms with van der Waals surface area (Å²) < 4.78 is 0. The van der Waals surface area contributed by atoms with Gasteiger partial charge in [-0.1, -0.05) is 17.8 Å². The maximum atomic E-state index is 10.6. The topological polar surface area (TPSA) is 56.0 Å². The number of hydrogen-bond donors (Lipinski definition) is 0. The molecule has 89 valence electrons. The number of nitrogens with zero attached hydrogens (tertiary/aromatic N) is 2. The van der Waals surface area contributed by atoms with Gasteiger partial charge in [-0.25, -0.2) is 4.98 Å². The minimum atomic E-state index is -0.387. The van der Waals surface area contributed by atoms with E-state index >= 15 is 0 Å². The molecular weight excluding hydrogens is 325 g/mol. The zero-order valence-electron chi connectivity index (χ0n) is 9.74. The second kappa shape index (κ2) is 6.97.